The first-order valence-corrected chi connectivity index (χ1v) is 7.46. The van der Waals surface area contributed by atoms with Crippen molar-refractivity contribution >= 4 is 27.5 Å². The first-order chi connectivity index (χ1) is 9.58. The smallest absolute Gasteiger partial charge is 0.238 e. The number of benzene rings is 1. The molecule has 0 radical (unpaired) electrons. The van der Waals surface area contributed by atoms with Gasteiger partial charge >= 0.3 is 0 Å². The summed E-state index contributed by atoms with van der Waals surface area (Å²) in [7, 11) is 0. The van der Waals surface area contributed by atoms with E-state index in [1.807, 2.05) is 4.90 Å². The van der Waals surface area contributed by atoms with E-state index < -0.39 is 5.82 Å². The zero-order valence-electron chi connectivity index (χ0n) is 11.1. The lowest BCUT2D eigenvalue weighted by atomic mass is 9.99. The van der Waals surface area contributed by atoms with E-state index in [0.29, 0.717) is 11.0 Å². The number of aliphatic hydroxyl groups is 1. The molecule has 1 aliphatic rings. The minimum atomic E-state index is -0.459. The average Bonchev–Trinajstić information content (AvgIpc) is 2.42. The zero-order valence-corrected chi connectivity index (χ0v) is 12.7. The predicted octanol–water partition coefficient (Wildman–Crippen LogP) is 2.23. The van der Waals surface area contributed by atoms with E-state index in [9.17, 15) is 9.18 Å². The summed E-state index contributed by atoms with van der Waals surface area (Å²) in [5, 5.41) is 11.7. The third-order valence-electron chi connectivity index (χ3n) is 3.43. The number of nitrogens with one attached hydrogen (secondary N) is 1. The molecule has 1 fully saturated rings. The molecule has 2 rings (SSSR count). The first kappa shape index (κ1) is 15.4. The number of aliphatic hydroxyl groups excluding tert-OH is 1. The average molecular weight is 345 g/mol. The molecule has 1 aliphatic heterocycles. The van der Waals surface area contributed by atoms with Gasteiger partial charge in [-0.05, 0) is 43.5 Å². The van der Waals surface area contributed by atoms with E-state index >= 15 is 0 Å². The van der Waals surface area contributed by atoms with Crippen LogP contribution in [0.4, 0.5) is 10.1 Å². The summed E-state index contributed by atoms with van der Waals surface area (Å²) in [6.45, 7) is 1.94. The highest BCUT2D eigenvalue weighted by Gasteiger charge is 2.21. The third kappa shape index (κ3) is 4.26. The number of piperidine rings is 1. The number of hydrogen-bond donors (Lipinski definition) is 2. The Morgan fingerprint density at radius 3 is 3.05 bits per heavy atom. The van der Waals surface area contributed by atoms with Crippen LogP contribution in [-0.4, -0.2) is 42.2 Å². The third-order valence-corrected chi connectivity index (χ3v) is 3.93. The van der Waals surface area contributed by atoms with Crippen molar-refractivity contribution in [2.45, 2.75) is 12.8 Å². The van der Waals surface area contributed by atoms with E-state index in [0.717, 1.165) is 19.4 Å². The summed E-state index contributed by atoms with van der Waals surface area (Å²) < 4.78 is 14.2. The SMILES string of the molecule is O=C(CN1CCCC(CO)C1)Nc1ccc(Br)cc1F. The Labute approximate surface area is 126 Å². The quantitative estimate of drug-likeness (QED) is 0.880. The zero-order chi connectivity index (χ0) is 14.5. The van der Waals surface area contributed by atoms with Gasteiger partial charge in [0.1, 0.15) is 5.82 Å². The number of hydrogen-bond acceptors (Lipinski definition) is 3. The molecule has 1 aromatic carbocycles. The van der Waals surface area contributed by atoms with E-state index in [-0.39, 0.29) is 30.7 Å². The summed E-state index contributed by atoms with van der Waals surface area (Å²) >= 11 is 3.17. The van der Waals surface area contributed by atoms with Crippen LogP contribution in [0, 0.1) is 11.7 Å². The number of anilines is 1. The Kier molecular flexibility index (Phi) is 5.51. The number of halogens is 2. The second-order valence-corrected chi connectivity index (χ2v) is 6.01. The number of rotatable bonds is 4. The van der Waals surface area contributed by atoms with Gasteiger partial charge in [-0.25, -0.2) is 4.39 Å². The second kappa shape index (κ2) is 7.15. The fourth-order valence-electron chi connectivity index (χ4n) is 2.43. The Hall–Kier alpha value is -0.980. The van der Waals surface area contributed by atoms with Gasteiger partial charge in [-0.3, -0.25) is 9.69 Å². The molecule has 1 aromatic rings. The maximum absolute atomic E-state index is 13.6. The van der Waals surface area contributed by atoms with Crippen LogP contribution >= 0.6 is 15.9 Å². The lowest BCUT2D eigenvalue weighted by molar-refractivity contribution is -0.117. The van der Waals surface area contributed by atoms with Gasteiger partial charge in [-0.15, -0.1) is 0 Å². The molecule has 1 atom stereocenters. The molecule has 0 saturated carbocycles. The Balaban J connectivity index is 1.88. The van der Waals surface area contributed by atoms with Crippen LogP contribution in [0.25, 0.3) is 0 Å². The van der Waals surface area contributed by atoms with Crippen molar-refractivity contribution in [1.82, 2.24) is 4.90 Å². The fraction of sp³-hybridized carbons (Fsp3) is 0.500. The predicted molar refractivity (Wildman–Crippen MR) is 79.0 cm³/mol. The Bertz CT molecular complexity index is 484. The minimum Gasteiger partial charge on any atom is -0.396 e. The van der Waals surface area contributed by atoms with Crippen molar-refractivity contribution in [3.8, 4) is 0 Å². The number of carbonyl (C=O) groups is 1. The van der Waals surface area contributed by atoms with Crippen molar-refractivity contribution in [2.75, 3.05) is 31.6 Å². The summed E-state index contributed by atoms with van der Waals surface area (Å²) in [5.74, 6) is -0.453. The van der Waals surface area contributed by atoms with Crippen LogP contribution in [0.3, 0.4) is 0 Å². The van der Waals surface area contributed by atoms with Crippen LogP contribution in [0.5, 0.6) is 0 Å². The van der Waals surface area contributed by atoms with Gasteiger partial charge in [0.05, 0.1) is 12.2 Å². The molecule has 2 N–H and O–H groups in total. The molecule has 1 heterocycles. The number of amides is 1. The number of likely N-dealkylation sites (tertiary alicyclic amines) is 1. The standard InChI is InChI=1S/C14H18BrFN2O2/c15-11-3-4-13(12(16)6-11)17-14(20)8-18-5-1-2-10(7-18)9-19/h3-4,6,10,19H,1-2,5,7-9H2,(H,17,20). The highest BCUT2D eigenvalue weighted by molar-refractivity contribution is 9.10. The Morgan fingerprint density at radius 1 is 1.55 bits per heavy atom. The number of carbonyl (C=O) groups excluding carboxylic acids is 1. The molecule has 110 valence electrons. The first-order valence-electron chi connectivity index (χ1n) is 6.66. The molecule has 0 bridgehead atoms. The topological polar surface area (TPSA) is 52.6 Å². The van der Waals surface area contributed by atoms with Crippen molar-refractivity contribution in [2.24, 2.45) is 5.92 Å². The molecule has 6 heteroatoms. The van der Waals surface area contributed by atoms with E-state index in [2.05, 4.69) is 21.2 Å². The lowest BCUT2D eigenvalue weighted by Crippen LogP contribution is -2.41. The highest BCUT2D eigenvalue weighted by Crippen LogP contribution is 2.20. The second-order valence-electron chi connectivity index (χ2n) is 5.10. The maximum atomic E-state index is 13.6. The van der Waals surface area contributed by atoms with Crippen LogP contribution in [0.1, 0.15) is 12.8 Å². The van der Waals surface area contributed by atoms with E-state index in [4.69, 9.17) is 5.11 Å². The van der Waals surface area contributed by atoms with E-state index in [1.54, 1.807) is 6.07 Å². The van der Waals surface area contributed by atoms with Crippen LogP contribution in [-0.2, 0) is 4.79 Å². The summed E-state index contributed by atoms with van der Waals surface area (Å²) in [5.41, 5.74) is 0.189. The largest absolute Gasteiger partial charge is 0.396 e. The van der Waals surface area contributed by atoms with Gasteiger partial charge < -0.3 is 10.4 Å². The summed E-state index contributed by atoms with van der Waals surface area (Å²) in [6, 6.07) is 4.53. The van der Waals surface area contributed by atoms with Crippen LogP contribution in [0.15, 0.2) is 22.7 Å². The normalized spacial score (nSPS) is 19.9. The maximum Gasteiger partial charge on any atom is 0.238 e. The van der Waals surface area contributed by atoms with Crippen LogP contribution < -0.4 is 5.32 Å². The van der Waals surface area contributed by atoms with Gasteiger partial charge in [0.15, 0.2) is 0 Å². The molecule has 4 nitrogen and oxygen atoms in total. The lowest BCUT2D eigenvalue weighted by Gasteiger charge is -2.31. The minimum absolute atomic E-state index is 0.152. The van der Waals surface area contributed by atoms with Gasteiger partial charge in [0.25, 0.3) is 0 Å². The number of nitrogens with zero attached hydrogens (tertiary/aromatic N) is 1. The van der Waals surface area contributed by atoms with Gasteiger partial charge in [-0.1, -0.05) is 15.9 Å². The molecule has 0 aliphatic carbocycles. The molecular formula is C14H18BrFN2O2. The summed E-state index contributed by atoms with van der Waals surface area (Å²) in [4.78, 5) is 13.9. The molecule has 1 saturated heterocycles. The highest BCUT2D eigenvalue weighted by atomic mass is 79.9. The molecule has 0 aromatic heterocycles. The summed E-state index contributed by atoms with van der Waals surface area (Å²) in [6.07, 6.45) is 1.97. The Morgan fingerprint density at radius 2 is 2.35 bits per heavy atom. The van der Waals surface area contributed by atoms with Crippen molar-refractivity contribution < 1.29 is 14.3 Å². The fourth-order valence-corrected chi connectivity index (χ4v) is 2.76. The van der Waals surface area contributed by atoms with E-state index in [1.165, 1.54) is 12.1 Å². The van der Waals surface area contributed by atoms with Gasteiger partial charge in [-0.2, -0.15) is 0 Å². The van der Waals surface area contributed by atoms with Gasteiger partial charge in [0.2, 0.25) is 5.91 Å². The molecule has 20 heavy (non-hydrogen) atoms. The molecule has 1 amide bonds. The monoisotopic (exact) mass is 344 g/mol. The van der Waals surface area contributed by atoms with Crippen molar-refractivity contribution in [1.29, 1.82) is 0 Å². The van der Waals surface area contributed by atoms with Gasteiger partial charge in [0, 0.05) is 17.6 Å². The molecular weight excluding hydrogens is 327 g/mol. The van der Waals surface area contributed by atoms with Crippen LogP contribution in [0.2, 0.25) is 0 Å². The van der Waals surface area contributed by atoms with Crippen molar-refractivity contribution in [3.05, 3.63) is 28.5 Å². The molecule has 1 unspecified atom stereocenters. The van der Waals surface area contributed by atoms with Crippen molar-refractivity contribution in [3.63, 3.8) is 0 Å². The molecule has 0 spiro atoms.